The van der Waals surface area contributed by atoms with Gasteiger partial charge in [-0.1, -0.05) is 32.5 Å². The Kier molecular flexibility index (Phi) is 5.29. The highest BCUT2D eigenvalue weighted by atomic mass is 32.2. The van der Waals surface area contributed by atoms with Crippen molar-refractivity contribution in [2.45, 2.75) is 43.3 Å². The summed E-state index contributed by atoms with van der Waals surface area (Å²) in [5.74, 6) is -0.258. The Balaban J connectivity index is 1.94. The van der Waals surface area contributed by atoms with Crippen LogP contribution in [0, 0.1) is 5.92 Å². The van der Waals surface area contributed by atoms with Crippen LogP contribution in [0.1, 0.15) is 32.8 Å². The summed E-state index contributed by atoms with van der Waals surface area (Å²) in [6.07, 6.45) is 3.39. The molecule has 0 aliphatic heterocycles. The van der Waals surface area contributed by atoms with E-state index in [9.17, 15) is 4.79 Å². The first-order valence-corrected chi connectivity index (χ1v) is 9.75. The van der Waals surface area contributed by atoms with E-state index in [-0.39, 0.29) is 16.4 Å². The van der Waals surface area contributed by atoms with E-state index in [1.807, 2.05) is 0 Å². The SMILES string of the molecule is COC(OC)C1CC(c2csc3c(SC(C)(C)C)ncnc23)=CC1=O. The molecule has 0 amide bonds. The van der Waals surface area contributed by atoms with Crippen molar-refractivity contribution in [3.8, 4) is 0 Å². The lowest BCUT2D eigenvalue weighted by Gasteiger charge is -2.19. The molecule has 2 heterocycles. The Morgan fingerprint density at radius 2 is 2.00 bits per heavy atom. The van der Waals surface area contributed by atoms with Gasteiger partial charge in [-0.3, -0.25) is 4.79 Å². The van der Waals surface area contributed by atoms with Crippen LogP contribution >= 0.6 is 23.1 Å². The first-order chi connectivity index (χ1) is 11.8. The molecular weight excluding hydrogens is 356 g/mol. The van der Waals surface area contributed by atoms with E-state index < -0.39 is 6.29 Å². The highest BCUT2D eigenvalue weighted by Gasteiger charge is 2.34. The topological polar surface area (TPSA) is 61.3 Å². The monoisotopic (exact) mass is 378 g/mol. The van der Waals surface area contributed by atoms with Gasteiger partial charge in [-0.2, -0.15) is 0 Å². The summed E-state index contributed by atoms with van der Waals surface area (Å²) >= 11 is 3.36. The molecule has 5 nitrogen and oxygen atoms in total. The maximum atomic E-state index is 12.4. The zero-order chi connectivity index (χ0) is 18.2. The van der Waals surface area contributed by atoms with Gasteiger partial charge in [0.2, 0.25) is 0 Å². The third-order valence-electron chi connectivity index (χ3n) is 3.98. The number of fused-ring (bicyclic) bond motifs is 1. The molecule has 1 atom stereocenters. The van der Waals surface area contributed by atoms with E-state index in [1.54, 1.807) is 49.7 Å². The molecule has 3 rings (SSSR count). The van der Waals surface area contributed by atoms with Crippen molar-refractivity contribution in [3.63, 3.8) is 0 Å². The van der Waals surface area contributed by atoms with E-state index in [0.717, 1.165) is 26.4 Å². The molecule has 0 saturated carbocycles. The van der Waals surface area contributed by atoms with Crippen molar-refractivity contribution >= 4 is 44.7 Å². The third-order valence-corrected chi connectivity index (χ3v) is 6.21. The molecule has 0 saturated heterocycles. The zero-order valence-electron chi connectivity index (χ0n) is 15.0. The molecule has 25 heavy (non-hydrogen) atoms. The Bertz CT molecular complexity index is 819. The lowest BCUT2D eigenvalue weighted by atomic mass is 10.0. The first kappa shape index (κ1) is 18.5. The number of thiophene rings is 1. The van der Waals surface area contributed by atoms with Crippen molar-refractivity contribution in [1.29, 1.82) is 0 Å². The number of nitrogens with zero attached hydrogens (tertiary/aromatic N) is 2. The van der Waals surface area contributed by atoms with Crippen LogP contribution in [0.3, 0.4) is 0 Å². The fourth-order valence-electron chi connectivity index (χ4n) is 2.94. The summed E-state index contributed by atoms with van der Waals surface area (Å²) in [6, 6.07) is 0. The first-order valence-electron chi connectivity index (χ1n) is 8.05. The van der Waals surface area contributed by atoms with Gasteiger partial charge in [0.25, 0.3) is 0 Å². The average molecular weight is 379 g/mol. The second kappa shape index (κ2) is 7.15. The van der Waals surface area contributed by atoms with Gasteiger partial charge in [0.15, 0.2) is 12.1 Å². The van der Waals surface area contributed by atoms with Crippen molar-refractivity contribution in [1.82, 2.24) is 9.97 Å². The van der Waals surface area contributed by atoms with Crippen LogP contribution in [0.4, 0.5) is 0 Å². The Hall–Kier alpha value is -1.28. The predicted octanol–water partition coefficient (Wildman–Crippen LogP) is 4.17. The molecule has 2 aromatic heterocycles. The Labute approximate surface area is 155 Å². The summed E-state index contributed by atoms with van der Waals surface area (Å²) in [5, 5.41) is 3.06. The van der Waals surface area contributed by atoms with Crippen molar-refractivity contribution in [2.24, 2.45) is 5.92 Å². The van der Waals surface area contributed by atoms with Crippen molar-refractivity contribution in [2.75, 3.05) is 14.2 Å². The minimum absolute atomic E-state index is 0.0430. The van der Waals surface area contributed by atoms with Gasteiger partial charge in [-0.15, -0.1) is 11.3 Å². The fraction of sp³-hybridized carbons (Fsp3) is 0.500. The quantitative estimate of drug-likeness (QED) is 0.442. The summed E-state index contributed by atoms with van der Waals surface area (Å²) in [6.45, 7) is 6.50. The number of thioether (sulfide) groups is 1. The van der Waals surface area contributed by atoms with Crippen LogP contribution in [0.2, 0.25) is 0 Å². The molecule has 0 bridgehead atoms. The van der Waals surface area contributed by atoms with E-state index in [0.29, 0.717) is 6.42 Å². The number of ether oxygens (including phenoxy) is 2. The number of rotatable bonds is 5. The summed E-state index contributed by atoms with van der Waals surface area (Å²) < 4.78 is 11.7. The molecular formula is C18H22N2O3S2. The maximum Gasteiger partial charge on any atom is 0.167 e. The lowest BCUT2D eigenvalue weighted by Crippen LogP contribution is -2.28. The van der Waals surface area contributed by atoms with Gasteiger partial charge < -0.3 is 9.47 Å². The van der Waals surface area contributed by atoms with Crippen LogP contribution in [-0.2, 0) is 14.3 Å². The second-order valence-corrected chi connectivity index (χ2v) is 9.64. The van der Waals surface area contributed by atoms with Crippen molar-refractivity contribution < 1.29 is 14.3 Å². The van der Waals surface area contributed by atoms with Gasteiger partial charge >= 0.3 is 0 Å². The van der Waals surface area contributed by atoms with Crippen LogP contribution in [-0.4, -0.2) is 41.0 Å². The van der Waals surface area contributed by atoms with Gasteiger partial charge in [0.1, 0.15) is 11.4 Å². The normalized spacial score (nSPS) is 18.4. The molecule has 0 spiro atoms. The number of aromatic nitrogens is 2. The number of ketones is 1. The fourth-order valence-corrected chi connectivity index (χ4v) is 5.00. The molecule has 7 heteroatoms. The van der Waals surface area contributed by atoms with Gasteiger partial charge in [0, 0.05) is 29.9 Å². The Morgan fingerprint density at radius 1 is 1.28 bits per heavy atom. The Morgan fingerprint density at radius 3 is 2.64 bits per heavy atom. The molecule has 1 unspecified atom stereocenters. The van der Waals surface area contributed by atoms with Gasteiger partial charge in [-0.25, -0.2) is 9.97 Å². The summed E-state index contributed by atoms with van der Waals surface area (Å²) in [5.41, 5.74) is 2.92. The summed E-state index contributed by atoms with van der Waals surface area (Å²) in [4.78, 5) is 21.3. The molecule has 0 radical (unpaired) electrons. The standard InChI is InChI=1S/C18H22N2O3S2/c1-18(2,3)25-16-15-14(19-9-20-16)12(8-24-15)10-6-11(13(21)7-10)17(22-4)23-5/h7-9,11,17H,6H2,1-5H3. The highest BCUT2D eigenvalue weighted by molar-refractivity contribution is 8.00. The van der Waals surface area contributed by atoms with E-state index in [1.165, 1.54) is 0 Å². The maximum absolute atomic E-state index is 12.4. The van der Waals surface area contributed by atoms with Crippen LogP contribution in [0.5, 0.6) is 0 Å². The molecule has 1 aliphatic carbocycles. The molecule has 0 fully saturated rings. The molecule has 0 N–H and O–H groups in total. The van der Waals surface area contributed by atoms with E-state index >= 15 is 0 Å². The molecule has 2 aromatic rings. The van der Waals surface area contributed by atoms with Gasteiger partial charge in [0.05, 0.1) is 16.1 Å². The molecule has 0 aromatic carbocycles. The van der Waals surface area contributed by atoms with E-state index in [4.69, 9.17) is 9.47 Å². The number of allylic oxidation sites excluding steroid dienone is 2. The third kappa shape index (κ3) is 3.79. The average Bonchev–Trinajstić information content (AvgIpc) is 3.12. The minimum atomic E-state index is -0.521. The van der Waals surface area contributed by atoms with E-state index in [2.05, 4.69) is 36.1 Å². The van der Waals surface area contributed by atoms with Gasteiger partial charge in [-0.05, 0) is 18.1 Å². The predicted molar refractivity (Wildman–Crippen MR) is 102 cm³/mol. The summed E-state index contributed by atoms with van der Waals surface area (Å²) in [7, 11) is 3.12. The molecule has 1 aliphatic rings. The number of carbonyl (C=O) groups is 1. The number of methoxy groups -OCH3 is 2. The zero-order valence-corrected chi connectivity index (χ0v) is 16.7. The van der Waals surface area contributed by atoms with Crippen molar-refractivity contribution in [3.05, 3.63) is 23.3 Å². The van der Waals surface area contributed by atoms with Crippen LogP contribution < -0.4 is 0 Å². The highest BCUT2D eigenvalue weighted by Crippen LogP contribution is 2.42. The van der Waals surface area contributed by atoms with Crippen LogP contribution in [0.15, 0.2) is 22.8 Å². The van der Waals surface area contributed by atoms with Crippen LogP contribution in [0.25, 0.3) is 15.8 Å². The number of carbonyl (C=O) groups excluding carboxylic acids is 1. The second-order valence-electron chi connectivity index (χ2n) is 6.94. The smallest absolute Gasteiger partial charge is 0.167 e. The number of hydrogen-bond donors (Lipinski definition) is 0. The lowest BCUT2D eigenvalue weighted by molar-refractivity contribution is -0.151. The molecule has 134 valence electrons. The minimum Gasteiger partial charge on any atom is -0.355 e. The number of hydrogen-bond acceptors (Lipinski definition) is 7. The largest absolute Gasteiger partial charge is 0.355 e.